The van der Waals surface area contributed by atoms with Crippen LogP contribution in [0.15, 0.2) is 28.7 Å². The molecule has 1 aromatic heterocycles. The van der Waals surface area contributed by atoms with E-state index in [1.165, 1.54) is 19.3 Å². The van der Waals surface area contributed by atoms with Gasteiger partial charge in [-0.2, -0.15) is 0 Å². The maximum atomic E-state index is 5.85. The highest BCUT2D eigenvalue weighted by atomic mass is 16.3. The van der Waals surface area contributed by atoms with Gasteiger partial charge in [-0.15, -0.1) is 0 Å². The van der Waals surface area contributed by atoms with Gasteiger partial charge in [0.1, 0.15) is 5.52 Å². The lowest BCUT2D eigenvalue weighted by atomic mass is 9.92. The Hall–Kier alpha value is -1.35. The Morgan fingerprint density at radius 1 is 1.26 bits per heavy atom. The van der Waals surface area contributed by atoms with Crippen LogP contribution in [0.1, 0.15) is 25.2 Å². The van der Waals surface area contributed by atoms with E-state index in [1.54, 1.807) is 0 Å². The van der Waals surface area contributed by atoms with Crippen molar-refractivity contribution in [1.29, 1.82) is 0 Å². The van der Waals surface area contributed by atoms with E-state index < -0.39 is 0 Å². The lowest BCUT2D eigenvalue weighted by Crippen LogP contribution is -2.35. The second-order valence-corrected chi connectivity index (χ2v) is 6.16. The van der Waals surface area contributed by atoms with E-state index in [0.29, 0.717) is 6.04 Å². The zero-order valence-electron chi connectivity index (χ0n) is 11.3. The predicted octanol–water partition coefficient (Wildman–Crippen LogP) is 3.00. The van der Waals surface area contributed by atoms with Crippen molar-refractivity contribution in [1.82, 2.24) is 10.3 Å². The first-order valence-corrected chi connectivity index (χ1v) is 7.35. The SMILES string of the molecule is CNC(Cc1nc2ccccc2o1)C1CC2CC2C1. The largest absolute Gasteiger partial charge is 0.441 e. The van der Waals surface area contributed by atoms with Gasteiger partial charge in [0.15, 0.2) is 11.5 Å². The molecule has 0 amide bonds. The van der Waals surface area contributed by atoms with Crippen molar-refractivity contribution in [3.05, 3.63) is 30.2 Å². The molecule has 0 spiro atoms. The Bertz CT molecular complexity index is 548. The fraction of sp³-hybridized carbons (Fsp3) is 0.562. The summed E-state index contributed by atoms with van der Waals surface area (Å²) in [6.07, 6.45) is 5.19. The minimum atomic E-state index is 0.515. The quantitative estimate of drug-likeness (QED) is 0.913. The summed E-state index contributed by atoms with van der Waals surface area (Å²) in [5.41, 5.74) is 1.88. The van der Waals surface area contributed by atoms with E-state index in [4.69, 9.17) is 4.42 Å². The van der Waals surface area contributed by atoms with Gasteiger partial charge in [-0.05, 0) is 56.2 Å². The Morgan fingerprint density at radius 3 is 2.79 bits per heavy atom. The summed E-state index contributed by atoms with van der Waals surface area (Å²) in [7, 11) is 2.07. The van der Waals surface area contributed by atoms with E-state index in [2.05, 4.69) is 17.3 Å². The Labute approximate surface area is 113 Å². The molecule has 19 heavy (non-hydrogen) atoms. The summed E-state index contributed by atoms with van der Waals surface area (Å²) in [5, 5.41) is 3.48. The topological polar surface area (TPSA) is 38.1 Å². The van der Waals surface area contributed by atoms with Crippen molar-refractivity contribution in [2.75, 3.05) is 7.05 Å². The first kappa shape index (κ1) is 11.5. The number of nitrogens with one attached hydrogen (secondary N) is 1. The molecule has 3 atom stereocenters. The Balaban J connectivity index is 1.51. The first-order chi connectivity index (χ1) is 9.33. The summed E-state index contributed by atoms with van der Waals surface area (Å²) in [6.45, 7) is 0. The van der Waals surface area contributed by atoms with E-state index in [-0.39, 0.29) is 0 Å². The highest BCUT2D eigenvalue weighted by Gasteiger charge is 2.47. The fourth-order valence-electron chi connectivity index (χ4n) is 3.79. The zero-order valence-corrected chi connectivity index (χ0v) is 11.3. The summed E-state index contributed by atoms with van der Waals surface area (Å²) in [4.78, 5) is 4.60. The van der Waals surface area contributed by atoms with Gasteiger partial charge in [-0.25, -0.2) is 4.98 Å². The first-order valence-electron chi connectivity index (χ1n) is 7.35. The number of fused-ring (bicyclic) bond motifs is 2. The number of hydrogen-bond donors (Lipinski definition) is 1. The Kier molecular flexibility index (Phi) is 2.62. The molecule has 3 nitrogen and oxygen atoms in total. The fourth-order valence-corrected chi connectivity index (χ4v) is 3.79. The number of hydrogen-bond acceptors (Lipinski definition) is 3. The van der Waals surface area contributed by atoms with Gasteiger partial charge in [-0.1, -0.05) is 12.1 Å². The van der Waals surface area contributed by atoms with E-state index in [9.17, 15) is 0 Å². The molecule has 2 aromatic rings. The molecular weight excluding hydrogens is 236 g/mol. The molecule has 0 radical (unpaired) electrons. The number of para-hydroxylation sites is 2. The van der Waals surface area contributed by atoms with Gasteiger partial charge in [0.05, 0.1) is 0 Å². The van der Waals surface area contributed by atoms with Gasteiger partial charge >= 0.3 is 0 Å². The molecule has 3 unspecified atom stereocenters. The molecule has 2 saturated carbocycles. The monoisotopic (exact) mass is 256 g/mol. The van der Waals surface area contributed by atoms with Crippen LogP contribution in [-0.2, 0) is 6.42 Å². The number of nitrogens with zero attached hydrogens (tertiary/aromatic N) is 1. The standard InChI is InChI=1S/C16H20N2O/c1-17-14(12-7-10-6-11(10)8-12)9-16-18-13-4-2-3-5-15(13)19-16/h2-5,10-12,14,17H,6-9H2,1H3. The Morgan fingerprint density at radius 2 is 2.05 bits per heavy atom. The number of rotatable bonds is 4. The summed E-state index contributed by atoms with van der Waals surface area (Å²) in [6, 6.07) is 8.53. The van der Waals surface area contributed by atoms with Gasteiger partial charge < -0.3 is 9.73 Å². The molecule has 100 valence electrons. The van der Waals surface area contributed by atoms with Crippen molar-refractivity contribution in [2.45, 2.75) is 31.7 Å². The van der Waals surface area contributed by atoms with Crippen molar-refractivity contribution >= 4 is 11.1 Å². The molecule has 0 saturated heterocycles. The molecular formula is C16H20N2O. The third-order valence-electron chi connectivity index (χ3n) is 4.95. The lowest BCUT2D eigenvalue weighted by Gasteiger charge is -2.22. The van der Waals surface area contributed by atoms with E-state index >= 15 is 0 Å². The summed E-state index contributed by atoms with van der Waals surface area (Å²) < 4.78 is 5.85. The molecule has 2 aliphatic rings. The number of benzene rings is 1. The third kappa shape index (κ3) is 2.06. The maximum absolute atomic E-state index is 5.85. The van der Waals surface area contributed by atoms with Crippen LogP contribution >= 0.6 is 0 Å². The van der Waals surface area contributed by atoms with Crippen molar-refractivity contribution in [3.63, 3.8) is 0 Å². The van der Waals surface area contributed by atoms with Crippen molar-refractivity contribution in [2.24, 2.45) is 17.8 Å². The van der Waals surface area contributed by atoms with Crippen LogP contribution in [0.25, 0.3) is 11.1 Å². The van der Waals surface area contributed by atoms with E-state index in [0.717, 1.165) is 41.2 Å². The molecule has 1 aromatic carbocycles. The number of oxazole rings is 1. The molecule has 3 heteroatoms. The average molecular weight is 256 g/mol. The minimum Gasteiger partial charge on any atom is -0.441 e. The van der Waals surface area contributed by atoms with Crippen LogP contribution < -0.4 is 5.32 Å². The molecule has 4 rings (SSSR count). The second-order valence-electron chi connectivity index (χ2n) is 6.16. The highest BCUT2D eigenvalue weighted by Crippen LogP contribution is 2.55. The average Bonchev–Trinajstić information content (AvgIpc) is 2.88. The maximum Gasteiger partial charge on any atom is 0.197 e. The predicted molar refractivity (Wildman–Crippen MR) is 74.9 cm³/mol. The third-order valence-corrected chi connectivity index (χ3v) is 4.95. The van der Waals surface area contributed by atoms with Crippen LogP contribution in [0.4, 0.5) is 0 Å². The molecule has 2 aliphatic carbocycles. The number of aromatic nitrogens is 1. The summed E-state index contributed by atoms with van der Waals surface area (Å²) in [5.74, 6) is 3.75. The summed E-state index contributed by atoms with van der Waals surface area (Å²) >= 11 is 0. The molecule has 0 bridgehead atoms. The van der Waals surface area contributed by atoms with Crippen LogP contribution in [-0.4, -0.2) is 18.1 Å². The van der Waals surface area contributed by atoms with Crippen LogP contribution in [0.3, 0.4) is 0 Å². The second kappa shape index (κ2) is 4.34. The molecule has 2 fully saturated rings. The normalized spacial score (nSPS) is 30.5. The smallest absolute Gasteiger partial charge is 0.197 e. The van der Waals surface area contributed by atoms with Gasteiger partial charge in [0.2, 0.25) is 0 Å². The van der Waals surface area contributed by atoms with Crippen molar-refractivity contribution < 1.29 is 4.42 Å². The van der Waals surface area contributed by atoms with Crippen LogP contribution in [0.5, 0.6) is 0 Å². The van der Waals surface area contributed by atoms with Crippen molar-refractivity contribution in [3.8, 4) is 0 Å². The molecule has 1 heterocycles. The lowest BCUT2D eigenvalue weighted by molar-refractivity contribution is 0.329. The van der Waals surface area contributed by atoms with Gasteiger partial charge in [0.25, 0.3) is 0 Å². The highest BCUT2D eigenvalue weighted by molar-refractivity contribution is 5.72. The zero-order chi connectivity index (χ0) is 12.8. The minimum absolute atomic E-state index is 0.515. The molecule has 0 aliphatic heterocycles. The van der Waals surface area contributed by atoms with Crippen LogP contribution in [0.2, 0.25) is 0 Å². The van der Waals surface area contributed by atoms with Gasteiger partial charge in [0, 0.05) is 12.5 Å². The van der Waals surface area contributed by atoms with Gasteiger partial charge in [-0.3, -0.25) is 0 Å². The van der Waals surface area contributed by atoms with E-state index in [1.807, 2.05) is 24.3 Å². The van der Waals surface area contributed by atoms with Crippen LogP contribution in [0, 0.1) is 17.8 Å². The number of likely N-dealkylation sites (N-methyl/N-ethyl adjacent to an activating group) is 1. The molecule has 1 N–H and O–H groups in total.